The van der Waals surface area contributed by atoms with E-state index in [9.17, 15) is 4.79 Å². The van der Waals surface area contributed by atoms with E-state index < -0.39 is 0 Å². The van der Waals surface area contributed by atoms with Crippen molar-refractivity contribution in [3.63, 3.8) is 0 Å². The van der Waals surface area contributed by atoms with Crippen LogP contribution in [0.3, 0.4) is 0 Å². The van der Waals surface area contributed by atoms with Gasteiger partial charge in [0.25, 0.3) is 5.91 Å². The number of hydrogen-bond donors (Lipinski definition) is 1. The Morgan fingerprint density at radius 2 is 2.08 bits per heavy atom. The van der Waals surface area contributed by atoms with Gasteiger partial charge < -0.3 is 14.5 Å². The number of amides is 1. The molecule has 0 aliphatic heterocycles. The van der Waals surface area contributed by atoms with Crippen molar-refractivity contribution in [2.24, 2.45) is 0 Å². The van der Waals surface area contributed by atoms with E-state index in [0.717, 1.165) is 11.1 Å². The lowest BCUT2D eigenvalue weighted by Crippen LogP contribution is -2.13. The molecule has 128 valence electrons. The van der Waals surface area contributed by atoms with Crippen molar-refractivity contribution >= 4 is 11.6 Å². The Hall–Kier alpha value is -3.22. The van der Waals surface area contributed by atoms with Gasteiger partial charge in [0.15, 0.2) is 0 Å². The quantitative estimate of drug-likeness (QED) is 0.766. The maximum absolute atomic E-state index is 12.4. The van der Waals surface area contributed by atoms with Gasteiger partial charge >= 0.3 is 0 Å². The predicted molar refractivity (Wildman–Crippen MR) is 92.4 cm³/mol. The zero-order chi connectivity index (χ0) is 17.8. The summed E-state index contributed by atoms with van der Waals surface area (Å²) < 4.78 is 10.6. The van der Waals surface area contributed by atoms with Gasteiger partial charge in [0.1, 0.15) is 0 Å². The van der Waals surface area contributed by atoms with E-state index in [1.54, 1.807) is 18.2 Å². The van der Waals surface area contributed by atoms with Crippen LogP contribution < -0.4 is 10.1 Å². The molecular formula is C18H18N4O3. The van der Waals surface area contributed by atoms with Crippen molar-refractivity contribution < 1.29 is 13.9 Å². The molecule has 0 unspecified atom stereocenters. The second-order valence-electron chi connectivity index (χ2n) is 5.78. The van der Waals surface area contributed by atoms with E-state index in [4.69, 9.17) is 9.15 Å². The molecule has 0 saturated carbocycles. The van der Waals surface area contributed by atoms with Crippen LogP contribution in [0.15, 0.2) is 47.3 Å². The first-order chi connectivity index (χ1) is 12.0. The number of carbonyl (C=O) groups is 1. The molecule has 0 aliphatic rings. The van der Waals surface area contributed by atoms with Crippen LogP contribution in [-0.2, 0) is 0 Å². The number of nitrogens with zero attached hydrogens (tertiary/aromatic N) is 3. The number of nitrogens with one attached hydrogen (secondary N) is 1. The molecule has 2 heterocycles. The van der Waals surface area contributed by atoms with Gasteiger partial charge in [-0.1, -0.05) is 0 Å². The fourth-order valence-electron chi connectivity index (χ4n) is 2.26. The lowest BCUT2D eigenvalue weighted by Gasteiger charge is -2.11. The van der Waals surface area contributed by atoms with E-state index in [1.165, 1.54) is 12.6 Å². The normalized spacial score (nSPS) is 10.7. The Labute approximate surface area is 145 Å². The molecule has 0 fully saturated rings. The minimum absolute atomic E-state index is 0.0344. The van der Waals surface area contributed by atoms with Gasteiger partial charge in [-0.25, -0.2) is 4.98 Å². The highest BCUT2D eigenvalue weighted by molar-refractivity contribution is 6.04. The van der Waals surface area contributed by atoms with Crippen LogP contribution >= 0.6 is 0 Å². The predicted octanol–water partition coefficient (Wildman–Crippen LogP) is 3.48. The van der Waals surface area contributed by atoms with E-state index in [-0.39, 0.29) is 12.0 Å². The third kappa shape index (κ3) is 4.00. The Morgan fingerprint density at radius 3 is 2.68 bits per heavy atom. The van der Waals surface area contributed by atoms with Gasteiger partial charge in [0.05, 0.1) is 11.7 Å². The van der Waals surface area contributed by atoms with Crippen molar-refractivity contribution in [1.82, 2.24) is 15.2 Å². The van der Waals surface area contributed by atoms with Gasteiger partial charge in [0, 0.05) is 23.5 Å². The highest BCUT2D eigenvalue weighted by Gasteiger charge is 2.11. The largest absolute Gasteiger partial charge is 0.475 e. The lowest BCUT2D eigenvalue weighted by atomic mass is 10.1. The summed E-state index contributed by atoms with van der Waals surface area (Å²) in [5.41, 5.74) is 2.84. The molecule has 25 heavy (non-hydrogen) atoms. The molecule has 7 heteroatoms. The van der Waals surface area contributed by atoms with Crippen LogP contribution in [0.25, 0.3) is 11.5 Å². The zero-order valence-corrected chi connectivity index (χ0v) is 14.2. The maximum Gasteiger partial charge on any atom is 0.257 e. The maximum atomic E-state index is 12.4. The van der Waals surface area contributed by atoms with Crippen molar-refractivity contribution in [3.05, 3.63) is 54.0 Å². The topological polar surface area (TPSA) is 90.1 Å². The monoisotopic (exact) mass is 338 g/mol. The van der Waals surface area contributed by atoms with E-state index in [1.807, 2.05) is 32.9 Å². The van der Waals surface area contributed by atoms with Crippen LogP contribution in [0.1, 0.15) is 29.8 Å². The highest BCUT2D eigenvalue weighted by Crippen LogP contribution is 2.23. The standard InChI is InChI=1S/C18H18N4O3/c1-11(2)25-16-7-5-14(9-19-16)17(23)21-15-6-4-13(8-12(15)3)18-22-20-10-24-18/h4-11H,1-3H3,(H,21,23). The summed E-state index contributed by atoms with van der Waals surface area (Å²) in [6.07, 6.45) is 2.81. The number of rotatable bonds is 5. The van der Waals surface area contributed by atoms with Crippen LogP contribution in [0.2, 0.25) is 0 Å². The van der Waals surface area contributed by atoms with Gasteiger partial charge in [-0.3, -0.25) is 4.79 Å². The molecule has 1 N–H and O–H groups in total. The van der Waals surface area contributed by atoms with Crippen molar-refractivity contribution in [3.8, 4) is 17.3 Å². The highest BCUT2D eigenvalue weighted by atomic mass is 16.5. The number of benzene rings is 1. The second-order valence-corrected chi connectivity index (χ2v) is 5.78. The molecule has 1 aromatic carbocycles. The number of carbonyl (C=O) groups excluding carboxylic acids is 1. The molecule has 0 bridgehead atoms. The number of aromatic nitrogens is 3. The Bertz CT molecular complexity index is 859. The molecule has 2 aromatic heterocycles. The number of aryl methyl sites for hydroxylation is 1. The van der Waals surface area contributed by atoms with Gasteiger partial charge in [-0.2, -0.15) is 0 Å². The molecule has 0 atom stereocenters. The van der Waals surface area contributed by atoms with Crippen LogP contribution in [0.5, 0.6) is 5.88 Å². The Morgan fingerprint density at radius 1 is 1.24 bits per heavy atom. The third-order valence-corrected chi connectivity index (χ3v) is 3.44. The minimum atomic E-state index is -0.239. The third-order valence-electron chi connectivity index (χ3n) is 3.44. The molecule has 1 amide bonds. The first-order valence-corrected chi connectivity index (χ1v) is 7.84. The molecular weight excluding hydrogens is 320 g/mol. The molecule has 0 saturated heterocycles. The molecule has 0 radical (unpaired) electrons. The fourth-order valence-corrected chi connectivity index (χ4v) is 2.26. The zero-order valence-electron chi connectivity index (χ0n) is 14.2. The number of ether oxygens (including phenoxy) is 1. The summed E-state index contributed by atoms with van der Waals surface area (Å²) >= 11 is 0. The molecule has 0 spiro atoms. The van der Waals surface area contributed by atoms with Gasteiger partial charge in [-0.15, -0.1) is 10.2 Å². The first-order valence-electron chi connectivity index (χ1n) is 7.84. The molecule has 0 aliphatic carbocycles. The lowest BCUT2D eigenvalue weighted by molar-refractivity contribution is 0.102. The summed E-state index contributed by atoms with van der Waals surface area (Å²) in [6.45, 7) is 5.74. The van der Waals surface area contributed by atoms with Crippen LogP contribution in [-0.4, -0.2) is 27.2 Å². The summed E-state index contributed by atoms with van der Waals surface area (Å²) in [6, 6.07) is 8.86. The average Bonchev–Trinajstić information content (AvgIpc) is 3.11. The van der Waals surface area contributed by atoms with E-state index in [2.05, 4.69) is 20.5 Å². The SMILES string of the molecule is Cc1cc(-c2nnco2)ccc1NC(=O)c1ccc(OC(C)C)nc1. The van der Waals surface area contributed by atoms with Gasteiger partial charge in [0.2, 0.25) is 18.2 Å². The van der Waals surface area contributed by atoms with Crippen molar-refractivity contribution in [2.45, 2.75) is 26.9 Å². The smallest absolute Gasteiger partial charge is 0.257 e. The van der Waals surface area contributed by atoms with Crippen LogP contribution in [0, 0.1) is 6.92 Å². The number of anilines is 1. The summed E-state index contributed by atoms with van der Waals surface area (Å²) in [5.74, 6) is 0.690. The van der Waals surface area contributed by atoms with E-state index in [0.29, 0.717) is 23.0 Å². The molecule has 3 aromatic rings. The summed E-state index contributed by atoms with van der Waals surface area (Å²) in [7, 11) is 0. The van der Waals surface area contributed by atoms with Crippen molar-refractivity contribution in [1.29, 1.82) is 0 Å². The Balaban J connectivity index is 1.72. The fraction of sp³-hybridized carbons (Fsp3) is 0.222. The minimum Gasteiger partial charge on any atom is -0.475 e. The summed E-state index contributed by atoms with van der Waals surface area (Å²) in [4.78, 5) is 16.5. The van der Waals surface area contributed by atoms with E-state index >= 15 is 0 Å². The van der Waals surface area contributed by atoms with Gasteiger partial charge in [-0.05, 0) is 50.6 Å². The molecule has 3 rings (SSSR count). The molecule has 7 nitrogen and oxygen atoms in total. The average molecular weight is 338 g/mol. The number of pyridine rings is 1. The number of hydrogen-bond acceptors (Lipinski definition) is 6. The Kier molecular flexibility index (Phi) is 4.74. The first kappa shape index (κ1) is 16.6. The second kappa shape index (κ2) is 7.12. The van der Waals surface area contributed by atoms with Crippen molar-refractivity contribution in [2.75, 3.05) is 5.32 Å². The summed E-state index contributed by atoms with van der Waals surface area (Å²) in [5, 5.41) is 10.4. The van der Waals surface area contributed by atoms with Crippen LogP contribution in [0.4, 0.5) is 5.69 Å².